The average Bonchev–Trinajstić information content (AvgIpc) is 3.36. The number of nitrogens with zero attached hydrogens (tertiary/aromatic N) is 1. The number of aliphatic hydroxyl groups is 1. The van der Waals surface area contributed by atoms with E-state index in [4.69, 9.17) is 9.05 Å². The zero-order valence-corrected chi connectivity index (χ0v) is 49.9. The Morgan fingerprint density at radius 2 is 0.838 bits per heavy atom. The Morgan fingerprint density at radius 3 is 1.26 bits per heavy atom. The summed E-state index contributed by atoms with van der Waals surface area (Å²) in [4.78, 5) is 25.5. The summed E-state index contributed by atoms with van der Waals surface area (Å²) in [5.74, 6) is -0.211. The zero-order valence-electron chi connectivity index (χ0n) is 49.0. The number of hydrogen-bond acceptors (Lipinski definition) is 6. The number of phosphoric ester groups is 1. The van der Waals surface area contributed by atoms with Crippen LogP contribution in [0.1, 0.15) is 271 Å². The third-order valence-corrected chi connectivity index (χ3v) is 14.5. The number of allylic oxidation sites excluding steroid dienone is 13. The molecular formula is C65H119N2O6P. The van der Waals surface area contributed by atoms with Crippen LogP contribution in [-0.4, -0.2) is 68.5 Å². The quantitative estimate of drug-likeness (QED) is 0.0272. The van der Waals surface area contributed by atoms with Crippen molar-refractivity contribution in [2.24, 2.45) is 0 Å². The fourth-order valence-electron chi connectivity index (χ4n) is 8.77. The van der Waals surface area contributed by atoms with Crippen molar-refractivity contribution in [1.82, 2.24) is 5.32 Å². The molecule has 430 valence electrons. The van der Waals surface area contributed by atoms with Crippen molar-refractivity contribution < 1.29 is 32.9 Å². The van der Waals surface area contributed by atoms with E-state index in [9.17, 15) is 19.4 Å². The van der Waals surface area contributed by atoms with E-state index < -0.39 is 26.6 Å². The normalized spacial score (nSPS) is 14.4. The molecule has 0 aliphatic heterocycles. The minimum absolute atomic E-state index is 0.0112. The monoisotopic (exact) mass is 1050 g/mol. The number of carbonyl (C=O) groups excluding carboxylic acids is 1. The highest BCUT2D eigenvalue weighted by atomic mass is 31.2. The number of likely N-dealkylation sites (N-methyl/N-ethyl adjacent to an activating group) is 1. The Bertz CT molecular complexity index is 1480. The van der Waals surface area contributed by atoms with Crippen molar-refractivity contribution >= 4 is 13.7 Å². The number of quaternary nitrogens is 1. The molecule has 0 aliphatic carbocycles. The number of aliphatic hydroxyl groups excluding tert-OH is 1. The summed E-state index contributed by atoms with van der Waals surface area (Å²) in [6.45, 7) is 4.53. The van der Waals surface area contributed by atoms with Gasteiger partial charge in [0.15, 0.2) is 0 Å². The lowest BCUT2D eigenvalue weighted by Gasteiger charge is -2.29. The maximum Gasteiger partial charge on any atom is 0.268 e. The third kappa shape index (κ3) is 57.4. The number of amides is 1. The topological polar surface area (TPSA) is 108 Å². The molecule has 0 saturated carbocycles. The molecule has 0 bridgehead atoms. The Balaban J connectivity index is 4.21. The molecule has 0 aromatic carbocycles. The highest BCUT2D eigenvalue weighted by Crippen LogP contribution is 2.38. The molecule has 0 radical (unpaired) electrons. The van der Waals surface area contributed by atoms with Gasteiger partial charge < -0.3 is 28.8 Å². The lowest BCUT2D eigenvalue weighted by Crippen LogP contribution is -2.45. The summed E-state index contributed by atoms with van der Waals surface area (Å²) < 4.78 is 23.4. The van der Waals surface area contributed by atoms with Crippen LogP contribution in [0.2, 0.25) is 0 Å². The summed E-state index contributed by atoms with van der Waals surface area (Å²) in [5, 5.41) is 13.9. The molecule has 0 fully saturated rings. The van der Waals surface area contributed by atoms with E-state index in [-0.39, 0.29) is 12.5 Å². The van der Waals surface area contributed by atoms with E-state index in [1.54, 1.807) is 6.08 Å². The molecule has 3 unspecified atom stereocenters. The molecule has 74 heavy (non-hydrogen) atoms. The smallest absolute Gasteiger partial charge is 0.268 e. The van der Waals surface area contributed by atoms with Crippen LogP contribution < -0.4 is 10.2 Å². The maximum absolute atomic E-state index is 13.0. The van der Waals surface area contributed by atoms with E-state index >= 15 is 0 Å². The van der Waals surface area contributed by atoms with Crippen molar-refractivity contribution in [3.8, 4) is 0 Å². The van der Waals surface area contributed by atoms with E-state index in [0.29, 0.717) is 17.4 Å². The molecule has 9 heteroatoms. The highest BCUT2D eigenvalue weighted by Gasteiger charge is 2.23. The first-order chi connectivity index (χ1) is 36.0. The minimum Gasteiger partial charge on any atom is -0.756 e. The predicted octanol–water partition coefficient (Wildman–Crippen LogP) is 18.6. The van der Waals surface area contributed by atoms with Crippen LogP contribution in [0, 0.1) is 0 Å². The van der Waals surface area contributed by atoms with Gasteiger partial charge in [-0.25, -0.2) is 0 Å². The second kappa shape index (κ2) is 55.4. The zero-order chi connectivity index (χ0) is 54.2. The second-order valence-corrected chi connectivity index (χ2v) is 23.4. The van der Waals surface area contributed by atoms with Gasteiger partial charge in [0, 0.05) is 6.42 Å². The molecule has 0 aromatic heterocycles. The van der Waals surface area contributed by atoms with E-state index in [1.807, 2.05) is 27.2 Å². The molecule has 0 heterocycles. The molecule has 0 aromatic rings. The van der Waals surface area contributed by atoms with Gasteiger partial charge in [-0.1, -0.05) is 266 Å². The van der Waals surface area contributed by atoms with E-state index in [1.165, 1.54) is 180 Å². The first-order valence-electron chi connectivity index (χ1n) is 30.9. The largest absolute Gasteiger partial charge is 0.756 e. The van der Waals surface area contributed by atoms with Gasteiger partial charge in [0.25, 0.3) is 7.82 Å². The lowest BCUT2D eigenvalue weighted by molar-refractivity contribution is -0.870. The number of unbranched alkanes of at least 4 members (excludes halogenated alkanes) is 31. The van der Waals surface area contributed by atoms with E-state index in [0.717, 1.165) is 70.6 Å². The van der Waals surface area contributed by atoms with Gasteiger partial charge in [-0.15, -0.1) is 0 Å². The van der Waals surface area contributed by atoms with Crippen LogP contribution in [0.3, 0.4) is 0 Å². The maximum atomic E-state index is 13.0. The van der Waals surface area contributed by atoms with Gasteiger partial charge in [0.2, 0.25) is 5.91 Å². The molecule has 8 nitrogen and oxygen atoms in total. The number of hydrogen-bond donors (Lipinski definition) is 2. The van der Waals surface area contributed by atoms with Crippen LogP contribution in [0.25, 0.3) is 0 Å². The van der Waals surface area contributed by atoms with Crippen LogP contribution in [0.5, 0.6) is 0 Å². The fraction of sp³-hybridized carbons (Fsp3) is 0.769. The first-order valence-corrected chi connectivity index (χ1v) is 32.4. The predicted molar refractivity (Wildman–Crippen MR) is 320 cm³/mol. The Morgan fingerprint density at radius 1 is 0.486 bits per heavy atom. The van der Waals surface area contributed by atoms with Gasteiger partial charge in [0.1, 0.15) is 13.2 Å². The number of rotatable bonds is 56. The van der Waals surface area contributed by atoms with Crippen molar-refractivity contribution in [1.29, 1.82) is 0 Å². The molecule has 0 spiro atoms. The summed E-state index contributed by atoms with van der Waals surface area (Å²) in [5.41, 5.74) is 0. The third-order valence-electron chi connectivity index (χ3n) is 13.6. The van der Waals surface area contributed by atoms with Crippen LogP contribution >= 0.6 is 7.82 Å². The van der Waals surface area contributed by atoms with Gasteiger partial charge >= 0.3 is 0 Å². The minimum atomic E-state index is -4.62. The summed E-state index contributed by atoms with van der Waals surface area (Å²) in [7, 11) is 1.23. The van der Waals surface area contributed by atoms with Crippen molar-refractivity contribution in [3.63, 3.8) is 0 Å². The van der Waals surface area contributed by atoms with Gasteiger partial charge in [-0.05, 0) is 83.5 Å². The van der Waals surface area contributed by atoms with Crippen molar-refractivity contribution in [3.05, 3.63) is 85.1 Å². The standard InChI is InChI=1S/C65H119N2O6P/c1-6-8-10-12-14-16-18-20-22-24-26-28-30-31-32-33-34-35-37-39-41-43-45-47-49-51-53-55-57-59-65(69)66-63(62-73-74(70,71)72-61-60-67(3,4)5)64(68)58-56-54-52-50-48-46-44-42-40-38-36-29-27-25-23-21-19-17-15-13-11-9-7-2/h8,10,14,16,20,22,26,28,40,42,48,50,56,58,63-64,68H,6-7,9,11-13,15,17-19,21,23-25,27,29-39,41,43-47,49,51-55,57,59-62H2,1-5H3,(H-,66,69,70,71)/b10-8-,16-14-,22-20-,28-26-,42-40+,50-48+,58-56+. The lowest BCUT2D eigenvalue weighted by atomic mass is 10.0. The molecule has 3 atom stereocenters. The Hall–Kier alpha value is -2.32. The summed E-state index contributed by atoms with van der Waals surface area (Å²) in [6.07, 6.45) is 78.2. The number of phosphoric acid groups is 1. The molecule has 1 amide bonds. The summed E-state index contributed by atoms with van der Waals surface area (Å²) in [6, 6.07) is -0.914. The molecular weight excluding hydrogens is 936 g/mol. The average molecular weight is 1060 g/mol. The fourth-order valence-corrected chi connectivity index (χ4v) is 9.49. The molecule has 0 rings (SSSR count). The Kier molecular flexibility index (Phi) is 53.7. The van der Waals surface area contributed by atoms with Crippen LogP contribution in [0.15, 0.2) is 85.1 Å². The first kappa shape index (κ1) is 71.7. The SMILES string of the molecule is CC/C=C\C/C=C\C/C=C\C/C=C\CCCCCCCCCCCCCCCCCCC(=O)NC(COP(=O)([O-])OCC[N+](C)(C)C)C(O)/C=C/CC/C=C/CC/C=C/CCCCCCCCCCCCCCC. The number of nitrogens with one attached hydrogen (secondary N) is 1. The highest BCUT2D eigenvalue weighted by molar-refractivity contribution is 7.45. The molecule has 2 N–H and O–H groups in total. The van der Waals surface area contributed by atoms with Gasteiger partial charge in [0.05, 0.1) is 39.9 Å². The van der Waals surface area contributed by atoms with Crippen molar-refractivity contribution in [2.45, 2.75) is 283 Å². The molecule has 0 saturated heterocycles. The van der Waals surface area contributed by atoms with Crippen molar-refractivity contribution in [2.75, 3.05) is 40.9 Å². The van der Waals surface area contributed by atoms with E-state index in [2.05, 4.69) is 92.1 Å². The Labute approximate surface area is 458 Å². The molecule has 0 aliphatic rings. The summed E-state index contributed by atoms with van der Waals surface area (Å²) >= 11 is 0. The number of carbonyl (C=O) groups is 1. The van der Waals surface area contributed by atoms with Gasteiger partial charge in [-0.3, -0.25) is 9.36 Å². The van der Waals surface area contributed by atoms with Crippen LogP contribution in [-0.2, 0) is 18.4 Å². The second-order valence-electron chi connectivity index (χ2n) is 22.0. The van der Waals surface area contributed by atoms with Crippen LogP contribution in [0.4, 0.5) is 0 Å². The van der Waals surface area contributed by atoms with Gasteiger partial charge in [-0.2, -0.15) is 0 Å².